The summed E-state index contributed by atoms with van der Waals surface area (Å²) in [7, 11) is 0. The highest BCUT2D eigenvalue weighted by molar-refractivity contribution is 8.09. The monoisotopic (exact) mass is 158 g/mol. The number of hydrogen-bond acceptors (Lipinski definition) is 4. The summed E-state index contributed by atoms with van der Waals surface area (Å²) in [6, 6.07) is 1.79. The van der Waals surface area contributed by atoms with Crippen LogP contribution in [0.5, 0.6) is 0 Å². The lowest BCUT2D eigenvalue weighted by Gasteiger charge is -1.90. The number of nitrogens with zero attached hydrogens (tertiary/aromatic N) is 2. The van der Waals surface area contributed by atoms with Gasteiger partial charge in [0.15, 0.2) is 5.16 Å². The first-order valence-electron chi connectivity index (χ1n) is 2.44. The second-order valence-corrected chi connectivity index (χ2v) is 2.99. The van der Waals surface area contributed by atoms with E-state index in [0.717, 1.165) is 10.2 Å². The third-order valence-corrected chi connectivity index (χ3v) is 1.72. The lowest BCUT2D eigenvalue weighted by Crippen LogP contribution is -1.81. The molecule has 48 valence electrons. The predicted octanol–water partition coefficient (Wildman–Crippen LogP) is 1.46. The molecule has 1 rings (SSSR count). The second-order valence-electron chi connectivity index (χ2n) is 1.30. The first kappa shape index (κ1) is 6.89. The van der Waals surface area contributed by atoms with Crippen LogP contribution in [0.4, 0.5) is 0 Å². The second kappa shape index (κ2) is 3.74. The van der Waals surface area contributed by atoms with E-state index in [1.807, 2.05) is 0 Å². The molecule has 0 saturated heterocycles. The van der Waals surface area contributed by atoms with Crippen molar-refractivity contribution in [3.05, 3.63) is 18.5 Å². The summed E-state index contributed by atoms with van der Waals surface area (Å²) < 4.78 is 0. The quantitative estimate of drug-likeness (QED) is 0.305. The molecule has 0 aromatic carbocycles. The summed E-state index contributed by atoms with van der Waals surface area (Å²) in [5.74, 6) is 0. The standard InChI is InChI=1S/C5H6N2S2/c8-4-9-5-6-2-1-3-7-5/h1-3,8H,4H2. The molecule has 9 heavy (non-hydrogen) atoms. The molecule has 0 radical (unpaired) electrons. The van der Waals surface area contributed by atoms with Crippen LogP contribution < -0.4 is 0 Å². The van der Waals surface area contributed by atoms with Crippen LogP contribution in [0.3, 0.4) is 0 Å². The van der Waals surface area contributed by atoms with Crippen molar-refractivity contribution in [2.45, 2.75) is 5.16 Å². The minimum Gasteiger partial charge on any atom is -0.231 e. The molecule has 4 heteroatoms. The van der Waals surface area contributed by atoms with Crippen LogP contribution >= 0.6 is 24.4 Å². The summed E-state index contributed by atoms with van der Waals surface area (Å²) in [6.45, 7) is 0. The fraction of sp³-hybridized carbons (Fsp3) is 0.200. The smallest absolute Gasteiger partial charge is 0.188 e. The molecule has 0 aliphatic heterocycles. The highest BCUT2D eigenvalue weighted by Crippen LogP contribution is 2.10. The van der Waals surface area contributed by atoms with E-state index >= 15 is 0 Å². The largest absolute Gasteiger partial charge is 0.231 e. The van der Waals surface area contributed by atoms with E-state index in [4.69, 9.17) is 0 Å². The number of aromatic nitrogens is 2. The molecule has 0 fully saturated rings. The van der Waals surface area contributed by atoms with Crippen molar-refractivity contribution in [1.82, 2.24) is 9.97 Å². The van der Waals surface area contributed by atoms with Crippen LogP contribution in [-0.2, 0) is 0 Å². The van der Waals surface area contributed by atoms with Crippen molar-refractivity contribution in [3.63, 3.8) is 0 Å². The topological polar surface area (TPSA) is 25.8 Å². The molecular formula is C5H6N2S2. The van der Waals surface area contributed by atoms with Gasteiger partial charge in [-0.15, -0.1) is 0 Å². The molecule has 0 amide bonds. The average molecular weight is 158 g/mol. The summed E-state index contributed by atoms with van der Waals surface area (Å²) in [5, 5.41) is 1.51. The Morgan fingerprint density at radius 1 is 1.44 bits per heavy atom. The molecule has 0 aliphatic carbocycles. The van der Waals surface area contributed by atoms with Crippen molar-refractivity contribution >= 4 is 24.4 Å². The van der Waals surface area contributed by atoms with Gasteiger partial charge >= 0.3 is 0 Å². The maximum Gasteiger partial charge on any atom is 0.188 e. The van der Waals surface area contributed by atoms with Crippen LogP contribution in [0.2, 0.25) is 0 Å². The molecule has 1 heterocycles. The van der Waals surface area contributed by atoms with Crippen LogP contribution in [-0.4, -0.2) is 15.1 Å². The van der Waals surface area contributed by atoms with Gasteiger partial charge in [0.05, 0.1) is 0 Å². The maximum atomic E-state index is 4.01. The SMILES string of the molecule is SCSc1ncccn1. The van der Waals surface area contributed by atoms with E-state index in [-0.39, 0.29) is 0 Å². The number of thioether (sulfide) groups is 1. The highest BCUT2D eigenvalue weighted by atomic mass is 32.2. The molecule has 0 atom stereocenters. The van der Waals surface area contributed by atoms with Crippen LogP contribution in [0.1, 0.15) is 0 Å². The minimum absolute atomic E-state index is 0.726. The van der Waals surface area contributed by atoms with E-state index in [1.54, 1.807) is 18.5 Å². The van der Waals surface area contributed by atoms with Gasteiger partial charge in [-0.2, -0.15) is 12.6 Å². The van der Waals surface area contributed by atoms with Crippen LogP contribution in [0, 0.1) is 0 Å². The van der Waals surface area contributed by atoms with Crippen molar-refractivity contribution < 1.29 is 0 Å². The third kappa shape index (κ3) is 2.24. The van der Waals surface area contributed by atoms with Gasteiger partial charge < -0.3 is 0 Å². The van der Waals surface area contributed by atoms with E-state index in [9.17, 15) is 0 Å². The predicted molar refractivity (Wildman–Crippen MR) is 41.7 cm³/mol. The van der Waals surface area contributed by atoms with Crippen LogP contribution in [0.25, 0.3) is 0 Å². The van der Waals surface area contributed by atoms with E-state index in [2.05, 4.69) is 22.6 Å². The molecule has 0 saturated carbocycles. The van der Waals surface area contributed by atoms with E-state index < -0.39 is 0 Å². The van der Waals surface area contributed by atoms with Gasteiger partial charge in [-0.25, -0.2) is 9.97 Å². The summed E-state index contributed by atoms with van der Waals surface area (Å²) >= 11 is 5.53. The van der Waals surface area contributed by atoms with Gasteiger partial charge in [-0.05, 0) is 6.07 Å². The van der Waals surface area contributed by atoms with Crippen molar-refractivity contribution in [2.24, 2.45) is 0 Å². The summed E-state index contributed by atoms with van der Waals surface area (Å²) in [6.07, 6.45) is 3.44. The fourth-order valence-corrected chi connectivity index (χ4v) is 1.15. The Labute approximate surface area is 63.5 Å². The van der Waals surface area contributed by atoms with Gasteiger partial charge in [-0.3, -0.25) is 0 Å². The Kier molecular flexibility index (Phi) is 2.86. The molecule has 0 N–H and O–H groups in total. The Morgan fingerprint density at radius 2 is 2.11 bits per heavy atom. The van der Waals surface area contributed by atoms with Gasteiger partial charge in [-0.1, -0.05) is 11.8 Å². The number of hydrogen-bond donors (Lipinski definition) is 1. The molecule has 0 unspecified atom stereocenters. The molecule has 1 aromatic rings. The van der Waals surface area contributed by atoms with Crippen molar-refractivity contribution in [2.75, 3.05) is 5.08 Å². The molecule has 2 nitrogen and oxygen atoms in total. The minimum atomic E-state index is 0.726. The van der Waals surface area contributed by atoms with Gasteiger partial charge in [0.1, 0.15) is 0 Å². The number of rotatable bonds is 2. The fourth-order valence-electron chi connectivity index (χ4n) is 0.418. The lowest BCUT2D eigenvalue weighted by molar-refractivity contribution is 0.970. The maximum absolute atomic E-state index is 4.01. The molecular weight excluding hydrogens is 152 g/mol. The van der Waals surface area contributed by atoms with E-state index in [0.29, 0.717) is 0 Å². The zero-order chi connectivity index (χ0) is 6.53. The van der Waals surface area contributed by atoms with Crippen molar-refractivity contribution in [3.8, 4) is 0 Å². The third-order valence-electron chi connectivity index (χ3n) is 0.736. The Bertz CT molecular complexity index is 166. The first-order chi connectivity index (χ1) is 4.43. The van der Waals surface area contributed by atoms with E-state index in [1.165, 1.54) is 11.8 Å². The summed E-state index contributed by atoms with van der Waals surface area (Å²) in [5.41, 5.74) is 0. The van der Waals surface area contributed by atoms with Gasteiger partial charge in [0.2, 0.25) is 0 Å². The Morgan fingerprint density at radius 3 is 2.67 bits per heavy atom. The Balaban J connectivity index is 2.61. The van der Waals surface area contributed by atoms with Crippen LogP contribution in [0.15, 0.2) is 23.6 Å². The molecule has 0 aliphatic rings. The average Bonchev–Trinajstić information content (AvgIpc) is 1.91. The van der Waals surface area contributed by atoms with Crippen molar-refractivity contribution in [1.29, 1.82) is 0 Å². The zero-order valence-electron chi connectivity index (χ0n) is 4.69. The highest BCUT2D eigenvalue weighted by Gasteiger charge is 1.89. The van der Waals surface area contributed by atoms with Gasteiger partial charge in [0.25, 0.3) is 0 Å². The lowest BCUT2D eigenvalue weighted by atomic mass is 10.7. The Hall–Kier alpha value is -0.220. The zero-order valence-corrected chi connectivity index (χ0v) is 6.40. The summed E-state index contributed by atoms with van der Waals surface area (Å²) in [4.78, 5) is 7.94. The number of thiol groups is 1. The van der Waals surface area contributed by atoms with Gasteiger partial charge in [0, 0.05) is 17.5 Å². The molecule has 0 bridgehead atoms. The molecule has 0 spiro atoms. The normalized spacial score (nSPS) is 9.44. The molecule has 1 aromatic heterocycles. The first-order valence-corrected chi connectivity index (χ1v) is 4.06.